The second kappa shape index (κ2) is 7.59. The van der Waals surface area contributed by atoms with E-state index in [1.54, 1.807) is 36.7 Å². The van der Waals surface area contributed by atoms with Gasteiger partial charge in [-0.05, 0) is 42.8 Å². The van der Waals surface area contributed by atoms with E-state index in [-0.39, 0.29) is 17.6 Å². The van der Waals surface area contributed by atoms with Crippen LogP contribution >= 0.6 is 23.2 Å². The Labute approximate surface area is 155 Å². The lowest BCUT2D eigenvalue weighted by Crippen LogP contribution is -2.27. The largest absolute Gasteiger partial charge is 0.344 e. The molecule has 0 bridgehead atoms. The molecular formula is C18H14Cl2N4O. The number of halogens is 2. The van der Waals surface area contributed by atoms with Crippen LogP contribution < -0.4 is 5.32 Å². The second-order valence-electron chi connectivity index (χ2n) is 5.39. The van der Waals surface area contributed by atoms with E-state index in [0.29, 0.717) is 15.7 Å². The summed E-state index contributed by atoms with van der Waals surface area (Å²) in [5.74, 6) is -0.284. The summed E-state index contributed by atoms with van der Waals surface area (Å²) in [4.78, 5) is 24.7. The molecule has 2 aromatic heterocycles. The van der Waals surface area contributed by atoms with E-state index in [2.05, 4.69) is 20.3 Å². The summed E-state index contributed by atoms with van der Waals surface area (Å²) < 4.78 is 0. The van der Waals surface area contributed by atoms with E-state index in [4.69, 9.17) is 23.2 Å². The van der Waals surface area contributed by atoms with Crippen LogP contribution in [0.2, 0.25) is 10.0 Å². The molecule has 7 heteroatoms. The number of pyridine rings is 1. The van der Waals surface area contributed by atoms with Crippen molar-refractivity contribution in [3.8, 4) is 11.3 Å². The molecule has 126 valence electrons. The molecule has 0 aliphatic carbocycles. The average molecular weight is 373 g/mol. The zero-order valence-corrected chi connectivity index (χ0v) is 14.8. The maximum atomic E-state index is 12.5. The van der Waals surface area contributed by atoms with Crippen LogP contribution in [-0.4, -0.2) is 20.9 Å². The first-order valence-electron chi connectivity index (χ1n) is 7.53. The summed E-state index contributed by atoms with van der Waals surface area (Å²) in [6.45, 7) is 1.90. The topological polar surface area (TPSA) is 67.8 Å². The van der Waals surface area contributed by atoms with E-state index in [9.17, 15) is 4.79 Å². The highest BCUT2D eigenvalue weighted by Gasteiger charge is 2.14. The van der Waals surface area contributed by atoms with Gasteiger partial charge in [0.2, 0.25) is 0 Å². The lowest BCUT2D eigenvalue weighted by molar-refractivity contribution is 0.0934. The molecule has 5 nitrogen and oxygen atoms in total. The van der Waals surface area contributed by atoms with Crippen molar-refractivity contribution in [2.45, 2.75) is 13.0 Å². The van der Waals surface area contributed by atoms with Gasteiger partial charge in [-0.25, -0.2) is 9.97 Å². The molecule has 0 radical (unpaired) electrons. The van der Waals surface area contributed by atoms with Crippen molar-refractivity contribution in [3.63, 3.8) is 0 Å². The summed E-state index contributed by atoms with van der Waals surface area (Å²) in [6, 6.07) is 10.3. The van der Waals surface area contributed by atoms with Crippen molar-refractivity contribution in [3.05, 3.63) is 76.4 Å². The fourth-order valence-electron chi connectivity index (χ4n) is 2.30. The number of rotatable bonds is 4. The maximum Gasteiger partial charge on any atom is 0.270 e. The Morgan fingerprint density at radius 3 is 2.52 bits per heavy atom. The van der Waals surface area contributed by atoms with E-state index in [1.165, 1.54) is 6.33 Å². The van der Waals surface area contributed by atoms with Gasteiger partial charge in [0.25, 0.3) is 5.91 Å². The standard InChI is InChI=1S/C18H14Cl2N4O/c1-11(12-4-6-21-7-5-12)24-18(25)17-9-16(22-10-23-17)13-2-3-14(19)15(20)8-13/h2-11H,1H3,(H,24,25)/t11-/m0/s1. The predicted molar refractivity (Wildman–Crippen MR) is 97.6 cm³/mol. The molecule has 0 aliphatic heterocycles. The highest BCUT2D eigenvalue weighted by molar-refractivity contribution is 6.42. The molecule has 0 saturated carbocycles. The van der Waals surface area contributed by atoms with Crippen LogP contribution in [0.15, 0.2) is 55.1 Å². The smallest absolute Gasteiger partial charge is 0.270 e. The van der Waals surface area contributed by atoms with Gasteiger partial charge in [-0.2, -0.15) is 0 Å². The number of nitrogens with zero attached hydrogens (tertiary/aromatic N) is 3. The van der Waals surface area contributed by atoms with Gasteiger partial charge in [0, 0.05) is 18.0 Å². The zero-order chi connectivity index (χ0) is 17.8. The fraction of sp³-hybridized carbons (Fsp3) is 0.111. The van der Waals surface area contributed by atoms with Crippen LogP contribution in [0.4, 0.5) is 0 Å². The number of hydrogen-bond acceptors (Lipinski definition) is 4. The Hall–Kier alpha value is -2.50. The van der Waals surface area contributed by atoms with Crippen LogP contribution in [0.3, 0.4) is 0 Å². The summed E-state index contributed by atoms with van der Waals surface area (Å²) in [6.07, 6.45) is 4.72. The minimum absolute atomic E-state index is 0.168. The molecule has 3 rings (SSSR count). The molecule has 25 heavy (non-hydrogen) atoms. The van der Waals surface area contributed by atoms with Crippen molar-refractivity contribution >= 4 is 29.1 Å². The lowest BCUT2D eigenvalue weighted by Gasteiger charge is -2.14. The average Bonchev–Trinajstić information content (AvgIpc) is 2.64. The second-order valence-corrected chi connectivity index (χ2v) is 6.21. The van der Waals surface area contributed by atoms with Crippen molar-refractivity contribution in [2.75, 3.05) is 0 Å². The number of hydrogen-bond donors (Lipinski definition) is 1. The summed E-state index contributed by atoms with van der Waals surface area (Å²) >= 11 is 12.0. The molecule has 2 heterocycles. The van der Waals surface area contributed by atoms with Crippen molar-refractivity contribution < 1.29 is 4.79 Å². The molecule has 0 unspecified atom stereocenters. The molecule has 3 aromatic rings. The molecule has 0 saturated heterocycles. The van der Waals surface area contributed by atoms with Crippen LogP contribution in [-0.2, 0) is 0 Å². The first-order valence-corrected chi connectivity index (χ1v) is 8.28. The third-order valence-electron chi connectivity index (χ3n) is 3.67. The number of nitrogens with one attached hydrogen (secondary N) is 1. The quantitative estimate of drug-likeness (QED) is 0.739. The fourth-order valence-corrected chi connectivity index (χ4v) is 2.60. The van der Waals surface area contributed by atoms with Crippen molar-refractivity contribution in [2.24, 2.45) is 0 Å². The number of benzene rings is 1. The first kappa shape index (κ1) is 17.3. The molecule has 0 aliphatic rings. The van der Waals surface area contributed by atoms with E-state index in [1.807, 2.05) is 19.1 Å². The Balaban J connectivity index is 1.81. The highest BCUT2D eigenvalue weighted by atomic mass is 35.5. The molecule has 1 N–H and O–H groups in total. The SMILES string of the molecule is C[C@H](NC(=O)c1cc(-c2ccc(Cl)c(Cl)c2)ncn1)c1ccncc1. The summed E-state index contributed by atoms with van der Waals surface area (Å²) in [5.41, 5.74) is 2.59. The van der Waals surface area contributed by atoms with Gasteiger partial charge >= 0.3 is 0 Å². The van der Waals surface area contributed by atoms with E-state index >= 15 is 0 Å². The third kappa shape index (κ3) is 4.13. The van der Waals surface area contributed by atoms with E-state index < -0.39 is 0 Å². The monoisotopic (exact) mass is 372 g/mol. The Morgan fingerprint density at radius 2 is 1.80 bits per heavy atom. The van der Waals surface area contributed by atoms with E-state index in [0.717, 1.165) is 11.1 Å². The van der Waals surface area contributed by atoms with Gasteiger partial charge in [-0.3, -0.25) is 9.78 Å². The number of aromatic nitrogens is 3. The van der Waals surface area contributed by atoms with Crippen LogP contribution in [0.25, 0.3) is 11.3 Å². The van der Waals surface area contributed by atoms with Gasteiger partial charge in [-0.1, -0.05) is 29.3 Å². The number of amides is 1. The Morgan fingerprint density at radius 1 is 1.04 bits per heavy atom. The van der Waals surface area contributed by atoms with Crippen LogP contribution in [0, 0.1) is 0 Å². The highest BCUT2D eigenvalue weighted by Crippen LogP contribution is 2.27. The maximum absolute atomic E-state index is 12.5. The Bertz CT molecular complexity index is 903. The third-order valence-corrected chi connectivity index (χ3v) is 4.41. The predicted octanol–water partition coefficient (Wildman–Crippen LogP) is 4.34. The zero-order valence-electron chi connectivity index (χ0n) is 13.3. The molecule has 0 fully saturated rings. The molecule has 1 amide bonds. The van der Waals surface area contributed by atoms with Gasteiger partial charge in [0.15, 0.2) is 0 Å². The lowest BCUT2D eigenvalue weighted by atomic mass is 10.1. The van der Waals surface area contributed by atoms with Gasteiger partial charge in [-0.15, -0.1) is 0 Å². The molecule has 1 atom stereocenters. The normalized spacial score (nSPS) is 11.8. The first-order chi connectivity index (χ1) is 12.0. The Kier molecular flexibility index (Phi) is 5.26. The van der Waals surface area contributed by atoms with Crippen LogP contribution in [0.1, 0.15) is 29.0 Å². The van der Waals surface area contributed by atoms with Gasteiger partial charge in [0.05, 0.1) is 21.8 Å². The molecule has 0 spiro atoms. The molecular weight excluding hydrogens is 359 g/mol. The van der Waals surface area contributed by atoms with Crippen molar-refractivity contribution in [1.82, 2.24) is 20.3 Å². The van der Waals surface area contributed by atoms with Gasteiger partial charge in [0.1, 0.15) is 12.0 Å². The summed E-state index contributed by atoms with van der Waals surface area (Å²) in [7, 11) is 0. The summed E-state index contributed by atoms with van der Waals surface area (Å²) in [5, 5.41) is 3.80. The minimum Gasteiger partial charge on any atom is -0.344 e. The number of carbonyl (C=O) groups is 1. The van der Waals surface area contributed by atoms with Crippen LogP contribution in [0.5, 0.6) is 0 Å². The molecule has 1 aromatic carbocycles. The van der Waals surface area contributed by atoms with Crippen molar-refractivity contribution in [1.29, 1.82) is 0 Å². The number of carbonyl (C=O) groups excluding carboxylic acids is 1. The van der Waals surface area contributed by atoms with Gasteiger partial charge < -0.3 is 5.32 Å². The minimum atomic E-state index is -0.284.